The van der Waals surface area contributed by atoms with Gasteiger partial charge < -0.3 is 76.2 Å². The second-order valence-electron chi connectivity index (χ2n) is 18.0. The van der Waals surface area contributed by atoms with Gasteiger partial charge in [0.15, 0.2) is 11.9 Å². The van der Waals surface area contributed by atoms with Gasteiger partial charge in [-0.25, -0.2) is 0 Å². The molecule has 402 valence electrons. The van der Waals surface area contributed by atoms with Crippen LogP contribution >= 0.6 is 0 Å². The van der Waals surface area contributed by atoms with Gasteiger partial charge in [0.05, 0.1) is 0 Å². The van der Waals surface area contributed by atoms with Crippen molar-refractivity contribution in [2.24, 2.45) is 38.7 Å². The topological polar surface area (TPSA) is 420 Å². The number of aromatic nitrogens is 1. The molecule has 74 heavy (non-hydrogen) atoms. The summed E-state index contributed by atoms with van der Waals surface area (Å²) in [5.74, 6) is -7.33. The van der Waals surface area contributed by atoms with E-state index in [2.05, 4.69) is 57.5 Å². The zero-order valence-electron chi connectivity index (χ0n) is 41.9. The van der Waals surface area contributed by atoms with E-state index in [4.69, 9.17) is 28.7 Å². The number of primary amides is 1. The summed E-state index contributed by atoms with van der Waals surface area (Å²) >= 11 is 0. The fourth-order valence-electron chi connectivity index (χ4n) is 8.16. The molecule has 0 aliphatic carbocycles. The molecule has 0 spiro atoms. The molecule has 2 heterocycles. The highest BCUT2D eigenvalue weighted by Gasteiger charge is 2.35. The first-order valence-corrected chi connectivity index (χ1v) is 24.7. The van der Waals surface area contributed by atoms with Crippen LogP contribution < -0.4 is 71.2 Å². The molecule has 25 nitrogen and oxygen atoms in total. The highest BCUT2D eigenvalue weighted by molar-refractivity contribution is 5.98. The summed E-state index contributed by atoms with van der Waals surface area (Å²) in [6.07, 6.45) is 2.29. The number of H-pyrrole nitrogens is 1. The van der Waals surface area contributed by atoms with E-state index in [0.717, 1.165) is 10.9 Å². The Kier molecular flexibility index (Phi) is 23.6. The highest BCUT2D eigenvalue weighted by atomic mass is 16.2. The molecule has 3 aromatic rings. The lowest BCUT2D eigenvalue weighted by Gasteiger charge is -2.28. The molecule has 0 saturated carbocycles. The van der Waals surface area contributed by atoms with Crippen molar-refractivity contribution in [2.45, 2.75) is 133 Å². The number of rotatable bonds is 21. The Morgan fingerprint density at radius 3 is 1.92 bits per heavy atom. The lowest BCUT2D eigenvalue weighted by atomic mass is 10.0. The van der Waals surface area contributed by atoms with Gasteiger partial charge in [-0.1, -0.05) is 68.3 Å². The van der Waals surface area contributed by atoms with Gasteiger partial charge in [0, 0.05) is 62.9 Å². The molecular weight excluding hydrogens is 957 g/mol. The second kappa shape index (κ2) is 29.9. The Bertz CT molecular complexity index is 2470. The molecule has 19 N–H and O–H groups in total. The number of carbonyl (C=O) groups is 9. The van der Waals surface area contributed by atoms with Crippen molar-refractivity contribution in [3.63, 3.8) is 0 Å². The number of para-hydroxylation sites is 1. The Hall–Kier alpha value is -8.25. The molecule has 1 unspecified atom stereocenters. The van der Waals surface area contributed by atoms with Crippen LogP contribution in [0.1, 0.15) is 89.2 Å². The van der Waals surface area contributed by atoms with Crippen molar-refractivity contribution < 1.29 is 43.2 Å². The molecule has 0 bridgehead atoms. The number of unbranched alkanes of at least 4 members (excludes halogenated alkanes) is 1. The van der Waals surface area contributed by atoms with Gasteiger partial charge in [-0.3, -0.25) is 53.1 Å². The zero-order chi connectivity index (χ0) is 54.2. The van der Waals surface area contributed by atoms with Gasteiger partial charge in [0.1, 0.15) is 42.3 Å². The van der Waals surface area contributed by atoms with Crippen molar-refractivity contribution in [2.75, 3.05) is 19.6 Å². The Balaban J connectivity index is 1.76. The van der Waals surface area contributed by atoms with E-state index in [1.165, 1.54) is 6.92 Å². The minimum Gasteiger partial charge on any atom is -0.370 e. The lowest BCUT2D eigenvalue weighted by Crippen LogP contribution is -2.60. The maximum Gasteiger partial charge on any atom is 0.243 e. The summed E-state index contributed by atoms with van der Waals surface area (Å²) in [5.41, 5.74) is 30.1. The van der Waals surface area contributed by atoms with Gasteiger partial charge in [-0.2, -0.15) is 0 Å². The number of amides is 9. The van der Waals surface area contributed by atoms with Crippen LogP contribution in [0.25, 0.3) is 10.9 Å². The monoisotopic (exact) mass is 1030 g/mol. The normalized spacial score (nSPS) is 20.0. The number of aromatic amines is 1. The number of hydrogen-bond donors (Lipinski definition) is 14. The predicted molar refractivity (Wildman–Crippen MR) is 277 cm³/mol. The molecule has 1 aliphatic heterocycles. The van der Waals surface area contributed by atoms with Crippen LogP contribution in [0.15, 0.2) is 70.8 Å². The number of nitrogens with zero attached hydrogens (tertiary/aromatic N) is 2. The van der Waals surface area contributed by atoms with E-state index >= 15 is 0 Å². The van der Waals surface area contributed by atoms with Crippen molar-refractivity contribution in [1.82, 2.24) is 47.5 Å². The third-order valence-corrected chi connectivity index (χ3v) is 12.1. The van der Waals surface area contributed by atoms with Crippen molar-refractivity contribution >= 4 is 76.0 Å². The highest BCUT2D eigenvalue weighted by Crippen LogP contribution is 2.19. The van der Waals surface area contributed by atoms with Crippen LogP contribution in [0.4, 0.5) is 0 Å². The van der Waals surface area contributed by atoms with Gasteiger partial charge in [-0.15, -0.1) is 0 Å². The number of aliphatic imine (C=N–C) groups is 2. The van der Waals surface area contributed by atoms with Gasteiger partial charge in [0.25, 0.3) is 0 Å². The maximum atomic E-state index is 14.5. The molecule has 4 rings (SSSR count). The molecule has 1 aliphatic rings. The maximum absolute atomic E-state index is 14.5. The van der Waals surface area contributed by atoms with Gasteiger partial charge >= 0.3 is 0 Å². The molecule has 0 radical (unpaired) electrons. The molecule has 7 atom stereocenters. The first kappa shape index (κ1) is 58.3. The fraction of sp³-hybridized carbons (Fsp3) is 0.490. The number of hydrogen-bond acceptors (Lipinski definition) is 11. The van der Waals surface area contributed by atoms with E-state index < -0.39 is 95.5 Å². The molecule has 1 aromatic heterocycles. The standard InChI is InChI=1S/C49H72N16O9/c1-3-4-15-33(59-28(2)66)42(69)62-36-19-20-40(67)55-24-21-37(46(73)64-38(41(50)68)26-30-27-58-32-16-9-8-14-31(30)32)63-43(70)34(17-10-22-56-48(51)52)61-47(74)39(25-29-12-6-5-7-13-29)65-44(71)35(60-45(36)72)18-11-23-57-49(53)54/h5-9,12-14,16,27,33-39,58H,3-4,10-11,15,17-26H2,1-2H3,(H2,50,68)(H,55,67)(H,59,66)(H,60,72)(H,61,74)(H,62,69)(H,63,70)(H,64,73)(H,65,71)(H4,51,52,56)(H4,53,54,57)/t33-,34-,35?,36-,37-,38-,39+/m0/s1. The summed E-state index contributed by atoms with van der Waals surface area (Å²) in [6.45, 7) is 3.01. The SMILES string of the molecule is CCCC[C@H](NC(C)=O)C(=O)N[C@H]1CCC(=O)NCC[C@@H](C(=O)N[C@@H](Cc2c[nH]c3ccccc23)C(N)=O)NC(=O)[C@H](CCCN=C(N)N)NC(=O)[C@@H](Cc2ccccc2)NC(=O)C(CCCN=C(N)N)NC1=O. The zero-order valence-corrected chi connectivity index (χ0v) is 41.9. The number of benzene rings is 2. The lowest BCUT2D eigenvalue weighted by molar-refractivity contribution is -0.136. The van der Waals surface area contributed by atoms with E-state index in [1.807, 2.05) is 31.2 Å². The predicted octanol–water partition coefficient (Wildman–Crippen LogP) is -2.55. The van der Waals surface area contributed by atoms with E-state index in [-0.39, 0.29) is 95.8 Å². The molecule has 1 saturated heterocycles. The summed E-state index contributed by atoms with van der Waals surface area (Å²) in [4.78, 5) is 135. The van der Waals surface area contributed by atoms with Crippen LogP contribution in [0.5, 0.6) is 0 Å². The summed E-state index contributed by atoms with van der Waals surface area (Å²) < 4.78 is 0. The number of guanidine groups is 2. The smallest absolute Gasteiger partial charge is 0.243 e. The number of nitrogens with two attached hydrogens (primary N) is 5. The second-order valence-corrected chi connectivity index (χ2v) is 18.0. The third kappa shape index (κ3) is 19.7. The van der Waals surface area contributed by atoms with Crippen LogP contribution in [-0.4, -0.2) is 132 Å². The van der Waals surface area contributed by atoms with Crippen LogP contribution in [0.2, 0.25) is 0 Å². The van der Waals surface area contributed by atoms with E-state index in [9.17, 15) is 43.2 Å². The van der Waals surface area contributed by atoms with Crippen molar-refractivity contribution in [3.05, 3.63) is 71.9 Å². The van der Waals surface area contributed by atoms with Crippen LogP contribution in [0, 0.1) is 0 Å². The van der Waals surface area contributed by atoms with E-state index in [0.29, 0.717) is 24.0 Å². The van der Waals surface area contributed by atoms with Gasteiger partial charge in [0.2, 0.25) is 53.2 Å². The van der Waals surface area contributed by atoms with Gasteiger partial charge in [-0.05, 0) is 62.1 Å². The Labute approximate surface area is 428 Å². The number of carbonyl (C=O) groups excluding carboxylic acids is 9. The largest absolute Gasteiger partial charge is 0.370 e. The van der Waals surface area contributed by atoms with Crippen molar-refractivity contribution in [3.8, 4) is 0 Å². The Morgan fingerprint density at radius 2 is 1.30 bits per heavy atom. The first-order chi connectivity index (χ1) is 35.3. The summed E-state index contributed by atoms with van der Waals surface area (Å²) in [6, 6.07) is 6.67. The van der Waals surface area contributed by atoms with E-state index in [1.54, 1.807) is 36.5 Å². The molecule has 1 fully saturated rings. The quantitative estimate of drug-likeness (QED) is 0.0297. The van der Waals surface area contributed by atoms with Crippen LogP contribution in [-0.2, 0) is 56.0 Å². The average Bonchev–Trinajstić information content (AvgIpc) is 3.76. The molecular formula is C49H72N16O9. The number of fused-ring (bicyclic) bond motifs is 1. The minimum absolute atomic E-state index is 0.0208. The fourth-order valence-corrected chi connectivity index (χ4v) is 8.16. The van der Waals surface area contributed by atoms with Crippen molar-refractivity contribution in [1.29, 1.82) is 0 Å². The average molecular weight is 1030 g/mol. The molecule has 2 aromatic carbocycles. The summed E-state index contributed by atoms with van der Waals surface area (Å²) in [7, 11) is 0. The minimum atomic E-state index is -1.45. The first-order valence-electron chi connectivity index (χ1n) is 24.7. The molecule has 25 heteroatoms. The Morgan fingerprint density at radius 1 is 0.703 bits per heavy atom. The number of nitrogens with one attached hydrogen (secondary N) is 9. The summed E-state index contributed by atoms with van der Waals surface area (Å²) in [5, 5.41) is 22.2. The van der Waals surface area contributed by atoms with Crippen LogP contribution in [0.3, 0.4) is 0 Å². The third-order valence-electron chi connectivity index (χ3n) is 12.1. The molecule has 9 amide bonds.